The van der Waals surface area contributed by atoms with Crippen LogP contribution in [0.15, 0.2) is 152 Å². The van der Waals surface area contributed by atoms with Gasteiger partial charge in [-0.3, -0.25) is 9.97 Å². The van der Waals surface area contributed by atoms with Crippen molar-refractivity contribution < 1.29 is 0 Å². The Morgan fingerprint density at radius 2 is 0.762 bits per heavy atom. The first kappa shape index (κ1) is 25.2. The van der Waals surface area contributed by atoms with Crippen molar-refractivity contribution in [1.82, 2.24) is 24.9 Å². The van der Waals surface area contributed by atoms with Crippen LogP contribution in [0, 0.1) is 0 Å². The molecule has 0 amide bonds. The number of rotatable bonds is 6. The molecule has 7 rings (SSSR count). The topological polar surface area (TPSA) is 64.5 Å². The van der Waals surface area contributed by atoms with E-state index in [2.05, 4.69) is 101 Å². The van der Waals surface area contributed by atoms with Crippen LogP contribution in [-0.4, -0.2) is 24.9 Å². The highest BCUT2D eigenvalue weighted by atomic mass is 15.0. The van der Waals surface area contributed by atoms with E-state index in [-0.39, 0.29) is 0 Å². The molecule has 0 aliphatic rings. The van der Waals surface area contributed by atoms with Gasteiger partial charge in [0.15, 0.2) is 17.5 Å². The third-order valence-corrected chi connectivity index (χ3v) is 7.14. The van der Waals surface area contributed by atoms with E-state index in [1.54, 1.807) is 24.8 Å². The van der Waals surface area contributed by atoms with E-state index in [4.69, 9.17) is 15.0 Å². The Bertz CT molecular complexity index is 1900. The van der Waals surface area contributed by atoms with Crippen LogP contribution in [0.25, 0.3) is 67.5 Å². The maximum Gasteiger partial charge on any atom is 0.165 e. The van der Waals surface area contributed by atoms with Crippen molar-refractivity contribution in [2.75, 3.05) is 0 Å². The number of hydrogen-bond donors (Lipinski definition) is 0. The highest BCUT2D eigenvalue weighted by Crippen LogP contribution is 2.40. The highest BCUT2D eigenvalue weighted by Gasteiger charge is 2.17. The number of benzene rings is 4. The van der Waals surface area contributed by atoms with Gasteiger partial charge in [0.2, 0.25) is 0 Å². The number of nitrogens with zero attached hydrogens (tertiary/aromatic N) is 5. The fourth-order valence-electron chi connectivity index (χ4n) is 5.12. The first-order valence-electron chi connectivity index (χ1n) is 13.7. The predicted octanol–water partition coefficient (Wildman–Crippen LogP) is 8.66. The van der Waals surface area contributed by atoms with Crippen molar-refractivity contribution >= 4 is 0 Å². The van der Waals surface area contributed by atoms with E-state index in [9.17, 15) is 0 Å². The maximum absolute atomic E-state index is 4.92. The summed E-state index contributed by atoms with van der Waals surface area (Å²) in [7, 11) is 0. The summed E-state index contributed by atoms with van der Waals surface area (Å²) in [5.74, 6) is 1.71. The van der Waals surface area contributed by atoms with Gasteiger partial charge in [-0.25, -0.2) is 15.0 Å². The SMILES string of the molecule is c1ccc(-c2ccccc2-c2ccc(-c3nc(-c4cccnc4)nc(-c4cccnc4)n3)cc2-c2ccccc2)cc1. The van der Waals surface area contributed by atoms with Crippen LogP contribution < -0.4 is 0 Å². The molecule has 5 heteroatoms. The van der Waals surface area contributed by atoms with Crippen molar-refractivity contribution in [3.05, 3.63) is 152 Å². The van der Waals surface area contributed by atoms with E-state index in [1.165, 1.54) is 11.1 Å². The molecule has 0 spiro atoms. The second kappa shape index (κ2) is 11.4. The predicted molar refractivity (Wildman–Crippen MR) is 168 cm³/mol. The molecule has 0 bridgehead atoms. The van der Waals surface area contributed by atoms with Crippen molar-refractivity contribution in [3.63, 3.8) is 0 Å². The standard InChI is InChI=1S/C37H25N5/c1-3-11-26(12-4-1)31-17-7-8-18-32(31)33-20-19-28(23-34(33)27-13-5-2-6-14-27)35-40-36(29-15-9-21-38-24-29)42-37(41-35)30-16-10-22-39-25-30/h1-25H. The molecule has 0 N–H and O–H groups in total. The summed E-state index contributed by atoms with van der Waals surface area (Å²) in [4.78, 5) is 23.2. The van der Waals surface area contributed by atoms with Gasteiger partial charge < -0.3 is 0 Å². The van der Waals surface area contributed by atoms with Crippen LogP contribution in [0.5, 0.6) is 0 Å². The minimum Gasteiger partial charge on any atom is -0.264 e. The second-order valence-corrected chi connectivity index (χ2v) is 9.83. The van der Waals surface area contributed by atoms with Crippen molar-refractivity contribution in [2.45, 2.75) is 0 Å². The van der Waals surface area contributed by atoms with Crippen molar-refractivity contribution in [1.29, 1.82) is 0 Å². The molecular weight excluding hydrogens is 514 g/mol. The monoisotopic (exact) mass is 539 g/mol. The minimum atomic E-state index is 0.562. The van der Waals surface area contributed by atoms with E-state index < -0.39 is 0 Å². The van der Waals surface area contributed by atoms with Crippen LogP contribution >= 0.6 is 0 Å². The zero-order valence-electron chi connectivity index (χ0n) is 22.7. The van der Waals surface area contributed by atoms with E-state index >= 15 is 0 Å². The first-order valence-corrected chi connectivity index (χ1v) is 13.7. The largest absolute Gasteiger partial charge is 0.264 e. The Hall–Kier alpha value is -5.81. The van der Waals surface area contributed by atoms with Crippen molar-refractivity contribution in [2.24, 2.45) is 0 Å². The Morgan fingerprint density at radius 1 is 0.310 bits per heavy atom. The number of pyridine rings is 2. The lowest BCUT2D eigenvalue weighted by atomic mass is 9.88. The molecule has 0 aliphatic heterocycles. The van der Waals surface area contributed by atoms with Gasteiger partial charge in [-0.1, -0.05) is 97.1 Å². The fraction of sp³-hybridized carbons (Fsp3) is 0. The summed E-state index contributed by atoms with van der Waals surface area (Å²) in [6.07, 6.45) is 7.02. The van der Waals surface area contributed by atoms with Gasteiger partial charge in [0.1, 0.15) is 0 Å². The molecule has 0 saturated heterocycles. The molecule has 7 aromatic rings. The summed E-state index contributed by atoms with van der Waals surface area (Å²) in [5.41, 5.74) is 9.42. The molecule has 0 fully saturated rings. The van der Waals surface area contributed by atoms with E-state index in [0.29, 0.717) is 17.5 Å². The lowest BCUT2D eigenvalue weighted by molar-refractivity contribution is 1.07. The van der Waals surface area contributed by atoms with Gasteiger partial charge in [-0.05, 0) is 63.7 Å². The number of aromatic nitrogens is 5. The number of hydrogen-bond acceptors (Lipinski definition) is 5. The summed E-state index contributed by atoms with van der Waals surface area (Å²) in [5, 5.41) is 0. The van der Waals surface area contributed by atoms with E-state index in [0.717, 1.165) is 38.9 Å². The van der Waals surface area contributed by atoms with Crippen LogP contribution in [0.1, 0.15) is 0 Å². The van der Waals surface area contributed by atoms with Gasteiger partial charge in [-0.15, -0.1) is 0 Å². The molecule has 4 aromatic carbocycles. The molecule has 0 radical (unpaired) electrons. The van der Waals surface area contributed by atoms with Gasteiger partial charge in [0.25, 0.3) is 0 Å². The third kappa shape index (κ3) is 5.07. The molecule has 3 heterocycles. The normalized spacial score (nSPS) is 10.9. The first-order chi connectivity index (χ1) is 20.8. The molecule has 0 atom stereocenters. The zero-order chi connectivity index (χ0) is 28.1. The Kier molecular flexibility index (Phi) is 6.81. The fourth-order valence-corrected chi connectivity index (χ4v) is 5.12. The molecule has 0 saturated carbocycles. The minimum absolute atomic E-state index is 0.562. The summed E-state index contributed by atoms with van der Waals surface area (Å²) in [6, 6.07) is 43.7. The zero-order valence-corrected chi connectivity index (χ0v) is 22.7. The third-order valence-electron chi connectivity index (χ3n) is 7.14. The van der Waals surface area contributed by atoms with Crippen LogP contribution in [0.2, 0.25) is 0 Å². The van der Waals surface area contributed by atoms with Crippen LogP contribution in [-0.2, 0) is 0 Å². The molecular formula is C37H25N5. The molecule has 5 nitrogen and oxygen atoms in total. The lowest BCUT2D eigenvalue weighted by Crippen LogP contribution is -2.01. The Labute approximate surface area is 244 Å². The van der Waals surface area contributed by atoms with Gasteiger partial charge in [-0.2, -0.15) is 0 Å². The average Bonchev–Trinajstić information content (AvgIpc) is 3.09. The molecule has 0 unspecified atom stereocenters. The maximum atomic E-state index is 4.92. The van der Waals surface area contributed by atoms with Gasteiger partial charge in [0, 0.05) is 41.5 Å². The molecule has 198 valence electrons. The summed E-state index contributed by atoms with van der Waals surface area (Å²) >= 11 is 0. The van der Waals surface area contributed by atoms with Gasteiger partial charge >= 0.3 is 0 Å². The van der Waals surface area contributed by atoms with Crippen LogP contribution in [0.4, 0.5) is 0 Å². The second-order valence-electron chi connectivity index (χ2n) is 9.83. The molecule has 42 heavy (non-hydrogen) atoms. The summed E-state index contributed by atoms with van der Waals surface area (Å²) < 4.78 is 0. The highest BCUT2D eigenvalue weighted by molar-refractivity contribution is 5.93. The van der Waals surface area contributed by atoms with Crippen molar-refractivity contribution in [3.8, 4) is 67.5 Å². The lowest BCUT2D eigenvalue weighted by Gasteiger charge is -2.16. The summed E-state index contributed by atoms with van der Waals surface area (Å²) in [6.45, 7) is 0. The average molecular weight is 540 g/mol. The molecule has 0 aliphatic carbocycles. The van der Waals surface area contributed by atoms with Crippen LogP contribution in [0.3, 0.4) is 0 Å². The Balaban J connectivity index is 1.43. The molecule has 3 aromatic heterocycles. The Morgan fingerprint density at radius 3 is 1.31 bits per heavy atom. The smallest absolute Gasteiger partial charge is 0.165 e. The van der Waals surface area contributed by atoms with E-state index in [1.807, 2.05) is 36.4 Å². The van der Waals surface area contributed by atoms with Gasteiger partial charge in [0.05, 0.1) is 0 Å². The quantitative estimate of drug-likeness (QED) is 0.212.